The second-order valence-corrected chi connectivity index (χ2v) is 3.73. The van der Waals surface area contributed by atoms with Crippen molar-refractivity contribution in [1.29, 1.82) is 0 Å². The minimum absolute atomic E-state index is 0.0744. The third kappa shape index (κ3) is 1.89. The molecule has 0 bridgehead atoms. The van der Waals surface area contributed by atoms with Gasteiger partial charge < -0.3 is 20.5 Å². The van der Waals surface area contributed by atoms with Crippen molar-refractivity contribution in [3.8, 4) is 11.5 Å². The molecule has 0 spiro atoms. The number of carbonyl (C=O) groups excluding carboxylic acids is 2. The minimum Gasteiger partial charge on any atom is -0.505 e. The topological polar surface area (TPSA) is 87.7 Å². The molecule has 1 aliphatic rings. The summed E-state index contributed by atoms with van der Waals surface area (Å²) < 4.78 is 5.11. The van der Waals surface area contributed by atoms with Crippen LogP contribution in [0.3, 0.4) is 0 Å². The first-order valence-corrected chi connectivity index (χ1v) is 5.03. The normalized spacial score (nSPS) is 12.9. The summed E-state index contributed by atoms with van der Waals surface area (Å²) >= 11 is 0. The molecule has 17 heavy (non-hydrogen) atoms. The van der Waals surface area contributed by atoms with E-state index in [1.54, 1.807) is 0 Å². The summed E-state index contributed by atoms with van der Waals surface area (Å²) in [7, 11) is 1.45. The molecule has 0 unspecified atom stereocenters. The summed E-state index contributed by atoms with van der Waals surface area (Å²) in [5, 5.41) is 15.0. The number of amides is 2. The van der Waals surface area contributed by atoms with E-state index in [9.17, 15) is 14.7 Å². The predicted octanol–water partition coefficient (Wildman–Crippen LogP) is 0.854. The Morgan fingerprint density at radius 3 is 2.88 bits per heavy atom. The number of benzene rings is 1. The van der Waals surface area contributed by atoms with Gasteiger partial charge >= 0.3 is 0 Å². The van der Waals surface area contributed by atoms with E-state index in [0.717, 1.165) is 0 Å². The molecule has 0 radical (unpaired) electrons. The number of ether oxygens (including phenoxy) is 1. The van der Waals surface area contributed by atoms with Crippen LogP contribution in [-0.2, 0) is 16.0 Å². The molecular weight excluding hydrogens is 224 g/mol. The number of phenolic OH excluding ortho intramolecular Hbond substituents is 1. The monoisotopic (exact) mass is 236 g/mol. The molecule has 3 N–H and O–H groups in total. The first-order valence-electron chi connectivity index (χ1n) is 5.03. The highest BCUT2D eigenvalue weighted by molar-refractivity contribution is 6.04. The van der Waals surface area contributed by atoms with Crippen LogP contribution in [0.2, 0.25) is 0 Å². The van der Waals surface area contributed by atoms with Crippen LogP contribution in [0.25, 0.3) is 0 Å². The number of hydrogen-bond donors (Lipinski definition) is 3. The molecular formula is C11H12N2O4. The van der Waals surface area contributed by atoms with Crippen molar-refractivity contribution in [3.05, 3.63) is 11.6 Å². The summed E-state index contributed by atoms with van der Waals surface area (Å²) in [4.78, 5) is 22.3. The van der Waals surface area contributed by atoms with Gasteiger partial charge in [0.1, 0.15) is 11.5 Å². The number of anilines is 2. The van der Waals surface area contributed by atoms with Crippen LogP contribution in [0.1, 0.15) is 12.5 Å². The van der Waals surface area contributed by atoms with Gasteiger partial charge in [0.25, 0.3) is 0 Å². The van der Waals surface area contributed by atoms with Crippen molar-refractivity contribution in [1.82, 2.24) is 0 Å². The van der Waals surface area contributed by atoms with Crippen LogP contribution in [0.5, 0.6) is 11.5 Å². The van der Waals surface area contributed by atoms with Gasteiger partial charge in [-0.25, -0.2) is 0 Å². The highest BCUT2D eigenvalue weighted by Crippen LogP contribution is 2.43. The zero-order valence-corrected chi connectivity index (χ0v) is 9.46. The second-order valence-electron chi connectivity index (χ2n) is 3.73. The molecule has 6 nitrogen and oxygen atoms in total. The van der Waals surface area contributed by atoms with E-state index in [-0.39, 0.29) is 29.7 Å². The van der Waals surface area contributed by atoms with Gasteiger partial charge in [0.2, 0.25) is 11.8 Å². The molecule has 0 saturated carbocycles. The summed E-state index contributed by atoms with van der Waals surface area (Å²) in [6.07, 6.45) is 0.0744. The van der Waals surface area contributed by atoms with Gasteiger partial charge in [0, 0.05) is 18.6 Å². The lowest BCUT2D eigenvalue weighted by molar-refractivity contribution is -0.115. The number of phenols is 1. The first-order chi connectivity index (χ1) is 8.02. The fraction of sp³-hybridized carbons (Fsp3) is 0.273. The average Bonchev–Trinajstić information content (AvgIpc) is 2.64. The molecule has 1 aromatic rings. The standard InChI is InChI=1S/C11H12N2O4/c1-5(14)12-7-4-8(17-2)10-6(11(7)16)3-9(15)13-10/h4,16H,3H2,1-2H3,(H,12,14)(H,13,15). The first kappa shape index (κ1) is 11.3. The smallest absolute Gasteiger partial charge is 0.229 e. The van der Waals surface area contributed by atoms with Crippen molar-refractivity contribution in [2.75, 3.05) is 17.7 Å². The Hall–Kier alpha value is -2.24. The third-order valence-electron chi connectivity index (χ3n) is 2.50. The molecule has 0 fully saturated rings. The summed E-state index contributed by atoms with van der Waals surface area (Å²) in [6, 6.07) is 1.47. The Bertz CT molecular complexity index is 511. The maximum Gasteiger partial charge on any atom is 0.229 e. The van der Waals surface area contributed by atoms with E-state index < -0.39 is 0 Å². The highest BCUT2D eigenvalue weighted by Gasteiger charge is 2.27. The Morgan fingerprint density at radius 1 is 1.59 bits per heavy atom. The largest absolute Gasteiger partial charge is 0.505 e. The van der Waals surface area contributed by atoms with Crippen molar-refractivity contribution in [3.63, 3.8) is 0 Å². The fourth-order valence-electron chi connectivity index (χ4n) is 1.80. The zero-order valence-electron chi connectivity index (χ0n) is 9.46. The number of nitrogens with one attached hydrogen (secondary N) is 2. The molecule has 6 heteroatoms. The van der Waals surface area contributed by atoms with E-state index >= 15 is 0 Å². The highest BCUT2D eigenvalue weighted by atomic mass is 16.5. The Kier molecular flexibility index (Phi) is 2.63. The molecule has 2 rings (SSSR count). The van der Waals surface area contributed by atoms with Gasteiger partial charge in [-0.3, -0.25) is 9.59 Å². The van der Waals surface area contributed by atoms with Gasteiger partial charge in [0.05, 0.1) is 24.9 Å². The summed E-state index contributed by atoms with van der Waals surface area (Å²) in [5.74, 6) is -0.213. The van der Waals surface area contributed by atoms with Crippen molar-refractivity contribution < 1.29 is 19.4 Å². The quantitative estimate of drug-likeness (QED) is 0.664. The molecule has 90 valence electrons. The lowest BCUT2D eigenvalue weighted by Gasteiger charge is -2.12. The van der Waals surface area contributed by atoms with Gasteiger partial charge in [-0.15, -0.1) is 0 Å². The van der Waals surface area contributed by atoms with Crippen molar-refractivity contribution in [2.45, 2.75) is 13.3 Å². The maximum atomic E-state index is 11.3. The summed E-state index contributed by atoms with van der Waals surface area (Å²) in [6.45, 7) is 1.34. The van der Waals surface area contributed by atoms with Crippen molar-refractivity contribution in [2.24, 2.45) is 0 Å². The van der Waals surface area contributed by atoms with Crippen LogP contribution in [0.4, 0.5) is 11.4 Å². The number of rotatable bonds is 2. The minimum atomic E-state index is -0.306. The number of hydrogen-bond acceptors (Lipinski definition) is 4. The van der Waals surface area contributed by atoms with E-state index in [4.69, 9.17) is 4.74 Å². The van der Waals surface area contributed by atoms with Crippen LogP contribution in [0.15, 0.2) is 6.07 Å². The van der Waals surface area contributed by atoms with Crippen LogP contribution < -0.4 is 15.4 Å². The van der Waals surface area contributed by atoms with Crippen LogP contribution >= 0.6 is 0 Å². The van der Waals surface area contributed by atoms with Crippen LogP contribution in [0, 0.1) is 0 Å². The molecule has 0 saturated heterocycles. The predicted molar refractivity (Wildman–Crippen MR) is 61.3 cm³/mol. The Balaban J connectivity index is 2.55. The summed E-state index contributed by atoms with van der Waals surface area (Å²) in [5.41, 5.74) is 1.15. The average molecular weight is 236 g/mol. The molecule has 0 atom stereocenters. The van der Waals surface area contributed by atoms with E-state index in [1.165, 1.54) is 20.1 Å². The molecule has 1 aromatic carbocycles. The van der Waals surface area contributed by atoms with Crippen LogP contribution in [-0.4, -0.2) is 24.0 Å². The van der Waals surface area contributed by atoms with Crippen molar-refractivity contribution >= 4 is 23.2 Å². The number of aromatic hydroxyl groups is 1. The molecule has 1 heterocycles. The van der Waals surface area contributed by atoms with Gasteiger partial charge in [-0.2, -0.15) is 0 Å². The van der Waals surface area contributed by atoms with E-state index in [2.05, 4.69) is 10.6 Å². The van der Waals surface area contributed by atoms with Gasteiger partial charge in [-0.05, 0) is 0 Å². The fourth-order valence-corrected chi connectivity index (χ4v) is 1.80. The second kappa shape index (κ2) is 3.97. The lowest BCUT2D eigenvalue weighted by Crippen LogP contribution is -2.07. The Labute approximate surface area is 97.6 Å². The molecule has 0 aliphatic carbocycles. The number of methoxy groups -OCH3 is 1. The van der Waals surface area contributed by atoms with E-state index in [0.29, 0.717) is 17.0 Å². The number of fused-ring (bicyclic) bond motifs is 1. The zero-order chi connectivity index (χ0) is 12.6. The maximum absolute atomic E-state index is 11.3. The Morgan fingerprint density at radius 2 is 2.29 bits per heavy atom. The van der Waals surface area contributed by atoms with Gasteiger partial charge in [0.15, 0.2) is 0 Å². The lowest BCUT2D eigenvalue weighted by atomic mass is 10.1. The SMILES string of the molecule is COc1cc(NC(C)=O)c(O)c2c1NC(=O)C2. The number of carbonyl (C=O) groups is 2. The molecule has 1 aliphatic heterocycles. The third-order valence-corrected chi connectivity index (χ3v) is 2.50. The van der Waals surface area contributed by atoms with Gasteiger partial charge in [-0.1, -0.05) is 0 Å². The molecule has 0 aromatic heterocycles. The molecule has 2 amide bonds. The van der Waals surface area contributed by atoms with E-state index in [1.807, 2.05) is 0 Å².